The molecule has 0 spiro atoms. The fourth-order valence-corrected chi connectivity index (χ4v) is 5.13. The summed E-state index contributed by atoms with van der Waals surface area (Å²) in [4.78, 5) is 12.5. The summed E-state index contributed by atoms with van der Waals surface area (Å²) in [6.07, 6.45) is 22.5. The van der Waals surface area contributed by atoms with E-state index in [1.807, 2.05) is 0 Å². The molecule has 1 aromatic carbocycles. The summed E-state index contributed by atoms with van der Waals surface area (Å²) >= 11 is 0. The van der Waals surface area contributed by atoms with Gasteiger partial charge >= 0.3 is 5.97 Å². The third kappa shape index (κ3) is 15.1. The number of phenols is 1. The van der Waals surface area contributed by atoms with Gasteiger partial charge in [0.1, 0.15) is 0 Å². The summed E-state index contributed by atoms with van der Waals surface area (Å²) in [5.41, 5.74) is 0.512. The zero-order valence-electron chi connectivity index (χ0n) is 27.0. The standard InChI is InChI=1S/C35H62O6/c1-5-9-13-17-19-23-27-40-33-29(25-21-15-11-7-3)32(39-26-22-16-12-8-4)31(36)30(35(37)38)34(33)41-28-24-20-18-14-10-6-2/h36H,5-28H2,1-4H3,(H,37,38). The summed E-state index contributed by atoms with van der Waals surface area (Å²) in [5.74, 6) is -0.667. The third-order valence-corrected chi connectivity index (χ3v) is 7.66. The number of unbranched alkanes of at least 4 members (excludes halogenated alkanes) is 16. The molecule has 6 heteroatoms. The number of carboxylic acid groups (broad SMARTS) is 1. The Kier molecular flexibility index (Phi) is 22.0. The molecule has 6 nitrogen and oxygen atoms in total. The van der Waals surface area contributed by atoms with Gasteiger partial charge in [0.25, 0.3) is 0 Å². The van der Waals surface area contributed by atoms with Crippen molar-refractivity contribution in [1.29, 1.82) is 0 Å². The van der Waals surface area contributed by atoms with Crippen molar-refractivity contribution in [2.45, 2.75) is 163 Å². The van der Waals surface area contributed by atoms with Crippen molar-refractivity contribution >= 4 is 5.97 Å². The zero-order chi connectivity index (χ0) is 30.1. The number of benzene rings is 1. The maximum absolute atomic E-state index is 12.5. The van der Waals surface area contributed by atoms with Gasteiger partial charge in [-0.1, -0.05) is 130 Å². The van der Waals surface area contributed by atoms with E-state index in [2.05, 4.69) is 27.7 Å². The molecule has 0 aliphatic heterocycles. The Morgan fingerprint density at radius 1 is 0.512 bits per heavy atom. The number of aromatic carboxylic acids is 1. The number of carboxylic acids is 1. The van der Waals surface area contributed by atoms with E-state index in [0.29, 0.717) is 32.0 Å². The molecule has 0 aromatic heterocycles. The molecule has 41 heavy (non-hydrogen) atoms. The van der Waals surface area contributed by atoms with Crippen LogP contribution in [0.15, 0.2) is 0 Å². The fraction of sp³-hybridized carbons (Fsp3) is 0.800. The first kappa shape index (κ1) is 36.9. The van der Waals surface area contributed by atoms with Crippen LogP contribution < -0.4 is 14.2 Å². The first-order valence-corrected chi connectivity index (χ1v) is 17.1. The molecule has 0 amide bonds. The summed E-state index contributed by atoms with van der Waals surface area (Å²) in [5, 5.41) is 21.5. The molecule has 0 heterocycles. The molecule has 0 aliphatic carbocycles. The van der Waals surface area contributed by atoms with E-state index in [9.17, 15) is 15.0 Å². The van der Waals surface area contributed by atoms with Gasteiger partial charge in [-0.05, 0) is 32.1 Å². The molecule has 0 atom stereocenters. The van der Waals surface area contributed by atoms with Gasteiger partial charge in [0.15, 0.2) is 28.6 Å². The van der Waals surface area contributed by atoms with Crippen molar-refractivity contribution in [3.8, 4) is 23.0 Å². The van der Waals surface area contributed by atoms with E-state index >= 15 is 0 Å². The van der Waals surface area contributed by atoms with Crippen LogP contribution in [0.4, 0.5) is 0 Å². The average molecular weight is 579 g/mol. The normalized spacial score (nSPS) is 11.1. The molecule has 0 saturated heterocycles. The number of ether oxygens (including phenoxy) is 3. The summed E-state index contributed by atoms with van der Waals surface area (Å²) in [7, 11) is 0. The molecular weight excluding hydrogens is 516 g/mol. The second-order valence-corrected chi connectivity index (χ2v) is 11.4. The van der Waals surface area contributed by atoms with Crippen LogP contribution in [0.2, 0.25) is 0 Å². The van der Waals surface area contributed by atoms with Crippen molar-refractivity contribution < 1.29 is 29.2 Å². The van der Waals surface area contributed by atoms with Crippen LogP contribution in [0.3, 0.4) is 0 Å². The van der Waals surface area contributed by atoms with Crippen molar-refractivity contribution in [3.63, 3.8) is 0 Å². The van der Waals surface area contributed by atoms with Gasteiger partial charge in [-0.3, -0.25) is 0 Å². The minimum absolute atomic E-state index is 0.165. The Labute approximate surface area is 251 Å². The van der Waals surface area contributed by atoms with Crippen LogP contribution in [-0.2, 0) is 6.42 Å². The summed E-state index contributed by atoms with van der Waals surface area (Å²) in [6, 6.07) is 0. The fourth-order valence-electron chi connectivity index (χ4n) is 5.13. The average Bonchev–Trinajstić information content (AvgIpc) is 2.96. The van der Waals surface area contributed by atoms with E-state index in [1.54, 1.807) is 0 Å². The maximum Gasteiger partial charge on any atom is 0.343 e. The minimum atomic E-state index is -1.22. The van der Waals surface area contributed by atoms with Gasteiger partial charge < -0.3 is 24.4 Å². The second kappa shape index (κ2) is 24.5. The van der Waals surface area contributed by atoms with Crippen molar-refractivity contribution in [1.82, 2.24) is 0 Å². The lowest BCUT2D eigenvalue weighted by molar-refractivity contribution is 0.0686. The van der Waals surface area contributed by atoms with Crippen molar-refractivity contribution in [2.75, 3.05) is 19.8 Å². The van der Waals surface area contributed by atoms with E-state index in [4.69, 9.17) is 14.2 Å². The van der Waals surface area contributed by atoms with Gasteiger partial charge in [-0.2, -0.15) is 0 Å². The maximum atomic E-state index is 12.5. The Morgan fingerprint density at radius 2 is 0.878 bits per heavy atom. The van der Waals surface area contributed by atoms with Crippen LogP contribution in [-0.4, -0.2) is 36.0 Å². The lowest BCUT2D eigenvalue weighted by atomic mass is 9.99. The Hall–Kier alpha value is -2.11. The van der Waals surface area contributed by atoms with Gasteiger partial charge in [0.2, 0.25) is 0 Å². The van der Waals surface area contributed by atoms with Crippen molar-refractivity contribution in [3.05, 3.63) is 11.1 Å². The smallest absolute Gasteiger partial charge is 0.343 e. The van der Waals surface area contributed by atoms with Gasteiger partial charge in [-0.25, -0.2) is 4.79 Å². The summed E-state index contributed by atoms with van der Waals surface area (Å²) < 4.78 is 18.7. The van der Waals surface area contributed by atoms with Crippen LogP contribution in [0.25, 0.3) is 0 Å². The third-order valence-electron chi connectivity index (χ3n) is 7.66. The van der Waals surface area contributed by atoms with Crippen LogP contribution in [0.5, 0.6) is 23.0 Å². The lowest BCUT2D eigenvalue weighted by Crippen LogP contribution is -2.13. The molecule has 0 radical (unpaired) electrons. The van der Waals surface area contributed by atoms with Gasteiger partial charge in [0.05, 0.1) is 19.8 Å². The number of rotatable bonds is 28. The first-order valence-electron chi connectivity index (χ1n) is 17.1. The number of hydrogen-bond acceptors (Lipinski definition) is 5. The molecule has 0 saturated carbocycles. The SMILES string of the molecule is CCCCCCCCOc1c(CCCCCC)c(OCCCCCC)c(O)c(C(=O)O)c1OCCCCCCCC. The molecule has 238 valence electrons. The van der Waals surface area contributed by atoms with Gasteiger partial charge in [-0.15, -0.1) is 0 Å². The van der Waals surface area contributed by atoms with E-state index in [1.165, 1.54) is 44.9 Å². The lowest BCUT2D eigenvalue weighted by Gasteiger charge is -2.23. The highest BCUT2D eigenvalue weighted by Crippen LogP contribution is 2.49. The minimum Gasteiger partial charge on any atom is -0.504 e. The molecule has 0 aliphatic rings. The molecule has 1 rings (SSSR count). The van der Waals surface area contributed by atoms with Crippen LogP contribution in [0, 0.1) is 0 Å². The molecule has 1 aromatic rings. The quantitative estimate of drug-likeness (QED) is 0.0962. The Balaban J connectivity index is 3.31. The first-order chi connectivity index (χ1) is 20.0. The monoisotopic (exact) mass is 578 g/mol. The zero-order valence-corrected chi connectivity index (χ0v) is 27.0. The highest BCUT2D eigenvalue weighted by molar-refractivity contribution is 5.97. The van der Waals surface area contributed by atoms with E-state index in [-0.39, 0.29) is 22.8 Å². The highest BCUT2D eigenvalue weighted by Gasteiger charge is 2.31. The molecular formula is C35H62O6. The van der Waals surface area contributed by atoms with Crippen molar-refractivity contribution in [2.24, 2.45) is 0 Å². The van der Waals surface area contributed by atoms with E-state index in [0.717, 1.165) is 89.0 Å². The summed E-state index contributed by atoms with van der Waals surface area (Å²) in [6.45, 7) is 10.1. The number of hydrogen-bond donors (Lipinski definition) is 2. The Morgan fingerprint density at radius 3 is 1.34 bits per heavy atom. The number of carbonyl (C=O) groups is 1. The molecule has 0 fully saturated rings. The topological polar surface area (TPSA) is 85.2 Å². The largest absolute Gasteiger partial charge is 0.504 e. The molecule has 2 N–H and O–H groups in total. The van der Waals surface area contributed by atoms with E-state index < -0.39 is 5.97 Å². The highest BCUT2D eigenvalue weighted by atomic mass is 16.5. The second-order valence-electron chi connectivity index (χ2n) is 11.4. The van der Waals surface area contributed by atoms with Crippen LogP contribution in [0.1, 0.15) is 172 Å². The van der Waals surface area contributed by atoms with Crippen LogP contribution >= 0.6 is 0 Å². The number of aromatic hydroxyl groups is 1. The predicted octanol–water partition coefficient (Wildman–Crippen LogP) is 10.7. The molecule has 0 unspecified atom stereocenters. The Bertz CT molecular complexity index is 807. The van der Waals surface area contributed by atoms with Gasteiger partial charge in [0, 0.05) is 5.56 Å². The molecule has 0 bridgehead atoms. The predicted molar refractivity (Wildman–Crippen MR) is 170 cm³/mol.